The van der Waals surface area contributed by atoms with Crippen LogP contribution in [0.4, 0.5) is 0 Å². The van der Waals surface area contributed by atoms with Gasteiger partial charge in [-0.25, -0.2) is 0 Å². The monoisotopic (exact) mass is 499 g/mol. The van der Waals surface area contributed by atoms with Crippen LogP contribution in [-0.4, -0.2) is 45.3 Å². The van der Waals surface area contributed by atoms with E-state index in [-0.39, 0.29) is 24.4 Å². The predicted octanol–water partition coefficient (Wildman–Crippen LogP) is 6.18. The molecular weight excluding hydrogens is 466 g/mol. The maximum absolute atomic E-state index is 13.5. The van der Waals surface area contributed by atoms with Crippen LogP contribution in [0.2, 0.25) is 5.02 Å². The second kappa shape index (κ2) is 12.2. The fourth-order valence-electron chi connectivity index (χ4n) is 3.88. The Hall–Kier alpha value is -2.57. The van der Waals surface area contributed by atoms with Gasteiger partial charge in [0.25, 0.3) is 5.91 Å². The molecule has 0 spiro atoms. The van der Waals surface area contributed by atoms with Gasteiger partial charge in [-0.3, -0.25) is 9.59 Å². The molecular formula is C27H34ClN3O2S. The van der Waals surface area contributed by atoms with Crippen LogP contribution < -0.4 is 0 Å². The molecule has 1 atom stereocenters. The van der Waals surface area contributed by atoms with E-state index in [4.69, 9.17) is 11.6 Å². The highest BCUT2D eigenvalue weighted by atomic mass is 35.5. The first-order chi connectivity index (χ1) is 16.3. The quantitative estimate of drug-likeness (QED) is 0.316. The van der Waals surface area contributed by atoms with Crippen LogP contribution in [0.5, 0.6) is 0 Å². The number of carbonyl (C=O) groups excluding carboxylic acids is 2. The van der Waals surface area contributed by atoms with E-state index < -0.39 is 0 Å². The standard InChI is InChI=1S/C27H34ClN3O2S/c1-5-21(4)31(27(33)25-13-9-15-34-25)19-26(32)30(16-20(2)3)18-23-11-8-14-29(23)17-22-10-6-7-12-24(22)28/h6-15,20-21H,5,16-19H2,1-4H3. The Bertz CT molecular complexity index is 1080. The Labute approximate surface area is 211 Å². The first-order valence-electron chi connectivity index (χ1n) is 11.8. The summed E-state index contributed by atoms with van der Waals surface area (Å²) in [6.07, 6.45) is 2.80. The predicted molar refractivity (Wildman–Crippen MR) is 140 cm³/mol. The molecule has 0 radical (unpaired) electrons. The minimum absolute atomic E-state index is 0.0245. The average molecular weight is 500 g/mol. The van der Waals surface area contributed by atoms with Crippen LogP contribution >= 0.6 is 22.9 Å². The van der Waals surface area contributed by atoms with Crippen molar-refractivity contribution in [2.75, 3.05) is 13.1 Å². The second-order valence-electron chi connectivity index (χ2n) is 9.05. The molecule has 34 heavy (non-hydrogen) atoms. The Morgan fingerprint density at radius 1 is 1.06 bits per heavy atom. The summed E-state index contributed by atoms with van der Waals surface area (Å²) >= 11 is 7.79. The molecule has 0 bridgehead atoms. The van der Waals surface area contributed by atoms with Crippen molar-refractivity contribution in [2.45, 2.75) is 53.2 Å². The number of nitrogens with zero attached hydrogens (tertiary/aromatic N) is 3. The van der Waals surface area contributed by atoms with E-state index in [9.17, 15) is 9.59 Å². The molecule has 3 aromatic rings. The lowest BCUT2D eigenvalue weighted by molar-refractivity contribution is -0.133. The van der Waals surface area contributed by atoms with Gasteiger partial charge >= 0.3 is 0 Å². The van der Waals surface area contributed by atoms with Crippen molar-refractivity contribution in [2.24, 2.45) is 5.92 Å². The molecule has 1 unspecified atom stereocenters. The van der Waals surface area contributed by atoms with Gasteiger partial charge in [0.1, 0.15) is 6.54 Å². The summed E-state index contributed by atoms with van der Waals surface area (Å²) in [4.78, 5) is 30.9. The van der Waals surface area contributed by atoms with Gasteiger partial charge in [-0.1, -0.05) is 56.6 Å². The summed E-state index contributed by atoms with van der Waals surface area (Å²) in [5.74, 6) is 0.190. The van der Waals surface area contributed by atoms with Gasteiger partial charge in [0.2, 0.25) is 5.91 Å². The van der Waals surface area contributed by atoms with Crippen LogP contribution in [0.25, 0.3) is 0 Å². The molecule has 0 N–H and O–H groups in total. The van der Waals surface area contributed by atoms with Crippen LogP contribution in [0, 0.1) is 5.92 Å². The van der Waals surface area contributed by atoms with E-state index in [0.717, 1.165) is 22.7 Å². The lowest BCUT2D eigenvalue weighted by Crippen LogP contribution is -2.47. The Morgan fingerprint density at radius 2 is 1.82 bits per heavy atom. The highest BCUT2D eigenvalue weighted by molar-refractivity contribution is 7.12. The molecule has 182 valence electrons. The summed E-state index contributed by atoms with van der Waals surface area (Å²) in [7, 11) is 0. The van der Waals surface area contributed by atoms with Gasteiger partial charge in [-0.2, -0.15) is 0 Å². The number of hydrogen-bond acceptors (Lipinski definition) is 3. The number of hydrogen-bond donors (Lipinski definition) is 0. The van der Waals surface area contributed by atoms with E-state index in [1.807, 2.05) is 78.9 Å². The van der Waals surface area contributed by atoms with Gasteiger partial charge in [-0.15, -0.1) is 11.3 Å². The third-order valence-electron chi connectivity index (χ3n) is 5.93. The fraction of sp³-hybridized carbons (Fsp3) is 0.407. The summed E-state index contributed by atoms with van der Waals surface area (Å²) in [5, 5.41) is 2.62. The van der Waals surface area contributed by atoms with Crippen LogP contribution in [0.15, 0.2) is 60.1 Å². The molecule has 0 aliphatic rings. The van der Waals surface area contributed by atoms with Gasteiger partial charge in [0.15, 0.2) is 0 Å². The summed E-state index contributed by atoms with van der Waals surface area (Å²) in [6, 6.07) is 15.5. The smallest absolute Gasteiger partial charge is 0.264 e. The number of thiophene rings is 1. The molecule has 3 rings (SSSR count). The van der Waals surface area contributed by atoms with Crippen molar-refractivity contribution >= 4 is 34.8 Å². The molecule has 0 aliphatic carbocycles. The fourth-order valence-corrected chi connectivity index (χ4v) is 4.76. The maximum Gasteiger partial charge on any atom is 0.264 e. The van der Waals surface area contributed by atoms with Gasteiger partial charge in [0.05, 0.1) is 11.4 Å². The molecule has 1 aromatic carbocycles. The Kier molecular flexibility index (Phi) is 9.36. The highest BCUT2D eigenvalue weighted by Gasteiger charge is 2.27. The minimum atomic E-state index is -0.0794. The number of benzene rings is 1. The molecule has 2 amide bonds. The van der Waals surface area contributed by atoms with E-state index in [1.54, 1.807) is 4.90 Å². The van der Waals surface area contributed by atoms with Crippen molar-refractivity contribution in [3.8, 4) is 0 Å². The van der Waals surface area contributed by atoms with Crippen LogP contribution in [0.3, 0.4) is 0 Å². The van der Waals surface area contributed by atoms with Crippen LogP contribution in [0.1, 0.15) is 55.0 Å². The Morgan fingerprint density at radius 3 is 2.47 bits per heavy atom. The second-order valence-corrected chi connectivity index (χ2v) is 10.4. The number of halogens is 1. The molecule has 5 nitrogen and oxygen atoms in total. The van der Waals surface area contributed by atoms with Crippen molar-refractivity contribution in [3.05, 3.63) is 81.3 Å². The lowest BCUT2D eigenvalue weighted by atomic mass is 10.1. The zero-order valence-corrected chi connectivity index (χ0v) is 22.0. The largest absolute Gasteiger partial charge is 0.345 e. The maximum atomic E-state index is 13.5. The van der Waals surface area contributed by atoms with E-state index >= 15 is 0 Å². The molecule has 0 aliphatic heterocycles. The van der Waals surface area contributed by atoms with Crippen LogP contribution in [-0.2, 0) is 17.9 Å². The van der Waals surface area contributed by atoms with Gasteiger partial charge in [-0.05, 0) is 54.5 Å². The molecule has 0 fully saturated rings. The van der Waals surface area contributed by atoms with E-state index in [2.05, 4.69) is 18.4 Å². The molecule has 0 saturated carbocycles. The number of carbonyl (C=O) groups is 2. The zero-order valence-electron chi connectivity index (χ0n) is 20.4. The Balaban J connectivity index is 1.79. The first kappa shape index (κ1) is 26.0. The molecule has 2 heterocycles. The summed E-state index contributed by atoms with van der Waals surface area (Å²) in [6.45, 7) is 10.1. The third kappa shape index (κ3) is 6.73. The lowest BCUT2D eigenvalue weighted by Gasteiger charge is -2.32. The summed E-state index contributed by atoms with van der Waals surface area (Å²) in [5.41, 5.74) is 2.07. The third-order valence-corrected chi connectivity index (χ3v) is 7.16. The van der Waals surface area contributed by atoms with E-state index in [1.165, 1.54) is 11.3 Å². The summed E-state index contributed by atoms with van der Waals surface area (Å²) < 4.78 is 2.13. The topological polar surface area (TPSA) is 45.6 Å². The minimum Gasteiger partial charge on any atom is -0.345 e. The molecule has 7 heteroatoms. The van der Waals surface area contributed by atoms with Gasteiger partial charge < -0.3 is 14.4 Å². The SMILES string of the molecule is CCC(C)N(CC(=O)N(Cc1cccn1Cc1ccccc1Cl)CC(C)C)C(=O)c1cccs1. The zero-order chi connectivity index (χ0) is 24.7. The number of amides is 2. The molecule has 2 aromatic heterocycles. The molecule has 0 saturated heterocycles. The van der Waals surface area contributed by atoms with Crippen molar-refractivity contribution in [3.63, 3.8) is 0 Å². The van der Waals surface area contributed by atoms with Crippen molar-refractivity contribution in [1.82, 2.24) is 14.4 Å². The van der Waals surface area contributed by atoms with E-state index in [0.29, 0.717) is 30.4 Å². The van der Waals surface area contributed by atoms with Crippen molar-refractivity contribution in [1.29, 1.82) is 0 Å². The van der Waals surface area contributed by atoms with Crippen molar-refractivity contribution < 1.29 is 9.59 Å². The number of aromatic nitrogens is 1. The highest BCUT2D eigenvalue weighted by Crippen LogP contribution is 2.20. The van der Waals surface area contributed by atoms with Gasteiger partial charge in [0, 0.05) is 36.0 Å². The number of rotatable bonds is 11. The first-order valence-corrected chi connectivity index (χ1v) is 13.1. The average Bonchev–Trinajstić information content (AvgIpc) is 3.50. The normalized spacial score (nSPS) is 12.1.